The van der Waals surface area contributed by atoms with Crippen molar-refractivity contribution >= 4 is 5.65 Å². The number of nitrogens with zero attached hydrogens (tertiary/aromatic N) is 3. The molecule has 61 valence electrons. The molecule has 0 bridgehead atoms. The molecule has 2 aromatic rings. The molecule has 2 rings (SSSR count). The normalized spacial score (nSPS) is 10.5. The van der Waals surface area contributed by atoms with Gasteiger partial charge in [0.25, 0.3) is 0 Å². The summed E-state index contributed by atoms with van der Waals surface area (Å²) in [6, 6.07) is 0. The largest absolute Gasteiger partial charge is 0.481 e. The lowest BCUT2D eigenvalue weighted by Gasteiger charge is -2.04. The molecule has 12 heavy (non-hydrogen) atoms. The van der Waals surface area contributed by atoms with Gasteiger partial charge in [0.2, 0.25) is 5.88 Å². The Hall–Kier alpha value is -1.58. The Balaban J connectivity index is 2.83. The van der Waals surface area contributed by atoms with E-state index in [0.29, 0.717) is 11.5 Å². The van der Waals surface area contributed by atoms with Gasteiger partial charge in [0.1, 0.15) is 6.20 Å². The zero-order valence-corrected chi connectivity index (χ0v) is 6.90. The summed E-state index contributed by atoms with van der Waals surface area (Å²) in [7, 11) is 1.61. The van der Waals surface area contributed by atoms with Gasteiger partial charge in [-0.1, -0.05) is 0 Å². The van der Waals surface area contributed by atoms with Gasteiger partial charge < -0.3 is 4.74 Å². The minimum atomic E-state index is 0.678. The summed E-state index contributed by atoms with van der Waals surface area (Å²) in [6.45, 7) is 1.87. The molecule has 0 aliphatic carbocycles. The van der Waals surface area contributed by atoms with Gasteiger partial charge in [-0.2, -0.15) is 0 Å². The average Bonchev–Trinajstić information content (AvgIpc) is 2.52. The molecular weight excluding hydrogens is 154 g/mol. The molecule has 0 amide bonds. The maximum atomic E-state index is 5.16. The molecule has 0 saturated heterocycles. The molecule has 0 aromatic carbocycles. The zero-order valence-electron chi connectivity index (χ0n) is 6.90. The third-order valence-corrected chi connectivity index (χ3v) is 1.69. The van der Waals surface area contributed by atoms with Gasteiger partial charge in [-0.25, -0.2) is 9.97 Å². The van der Waals surface area contributed by atoms with Crippen molar-refractivity contribution in [2.45, 2.75) is 6.92 Å². The molecule has 0 aliphatic heterocycles. The fraction of sp³-hybridized carbons (Fsp3) is 0.250. The van der Waals surface area contributed by atoms with E-state index in [-0.39, 0.29) is 0 Å². The standard InChI is InChI=1S/C8H8N3O/c1-6-8(12-2)11-4-3-9-7(11)5-10-6/h3-4H,1-2H3. The second-order valence-electron chi connectivity index (χ2n) is 2.44. The summed E-state index contributed by atoms with van der Waals surface area (Å²) in [5, 5.41) is 0. The van der Waals surface area contributed by atoms with Crippen molar-refractivity contribution in [1.29, 1.82) is 0 Å². The van der Waals surface area contributed by atoms with Crippen LogP contribution in [0.5, 0.6) is 5.88 Å². The van der Waals surface area contributed by atoms with Gasteiger partial charge in [0.05, 0.1) is 12.8 Å². The number of rotatable bonds is 1. The van der Waals surface area contributed by atoms with Crippen molar-refractivity contribution in [2.24, 2.45) is 0 Å². The van der Waals surface area contributed by atoms with Gasteiger partial charge in [0, 0.05) is 12.4 Å². The lowest BCUT2D eigenvalue weighted by atomic mass is 10.5. The van der Waals surface area contributed by atoms with E-state index in [1.54, 1.807) is 13.3 Å². The van der Waals surface area contributed by atoms with Crippen LogP contribution in [0.1, 0.15) is 5.69 Å². The molecular formula is C8H8N3O. The van der Waals surface area contributed by atoms with E-state index < -0.39 is 0 Å². The number of methoxy groups -OCH3 is 1. The minimum Gasteiger partial charge on any atom is -0.481 e. The predicted molar refractivity (Wildman–Crippen MR) is 43.1 cm³/mol. The Morgan fingerprint density at radius 1 is 1.58 bits per heavy atom. The van der Waals surface area contributed by atoms with E-state index in [1.807, 2.05) is 17.5 Å². The van der Waals surface area contributed by atoms with E-state index in [2.05, 4.69) is 16.2 Å². The Labute approximate surface area is 69.8 Å². The van der Waals surface area contributed by atoms with Crippen LogP contribution in [0.2, 0.25) is 0 Å². The highest BCUT2D eigenvalue weighted by Crippen LogP contribution is 2.15. The fourth-order valence-corrected chi connectivity index (χ4v) is 1.15. The van der Waals surface area contributed by atoms with Crippen LogP contribution in [0, 0.1) is 13.1 Å². The van der Waals surface area contributed by atoms with Crippen LogP contribution in [0.3, 0.4) is 0 Å². The first-order chi connectivity index (χ1) is 5.83. The summed E-state index contributed by atoms with van der Waals surface area (Å²) in [4.78, 5) is 8.05. The molecule has 1 radical (unpaired) electrons. The fourth-order valence-electron chi connectivity index (χ4n) is 1.15. The maximum absolute atomic E-state index is 5.16. The Morgan fingerprint density at radius 2 is 2.42 bits per heavy atom. The molecule has 2 aromatic heterocycles. The van der Waals surface area contributed by atoms with Crippen LogP contribution in [-0.4, -0.2) is 21.5 Å². The first kappa shape index (κ1) is 7.09. The van der Waals surface area contributed by atoms with E-state index in [9.17, 15) is 0 Å². The second kappa shape index (κ2) is 2.48. The average molecular weight is 162 g/mol. The number of imidazole rings is 1. The quantitative estimate of drug-likeness (QED) is 0.624. The highest BCUT2D eigenvalue weighted by molar-refractivity contribution is 5.39. The van der Waals surface area contributed by atoms with Crippen molar-refractivity contribution in [3.8, 4) is 5.88 Å². The minimum absolute atomic E-state index is 0.678. The van der Waals surface area contributed by atoms with Gasteiger partial charge in [-0.3, -0.25) is 4.40 Å². The first-order valence-electron chi connectivity index (χ1n) is 3.58. The molecule has 0 atom stereocenters. The topological polar surface area (TPSA) is 39.4 Å². The van der Waals surface area contributed by atoms with Gasteiger partial charge in [0.15, 0.2) is 5.65 Å². The van der Waals surface area contributed by atoms with Gasteiger partial charge in [-0.15, -0.1) is 0 Å². The molecule has 0 fully saturated rings. The molecule has 0 aliphatic rings. The van der Waals surface area contributed by atoms with Crippen LogP contribution in [0.4, 0.5) is 0 Å². The van der Waals surface area contributed by atoms with E-state index >= 15 is 0 Å². The monoisotopic (exact) mass is 162 g/mol. The molecule has 0 saturated carbocycles. The highest BCUT2D eigenvalue weighted by atomic mass is 16.5. The van der Waals surface area contributed by atoms with Crippen LogP contribution >= 0.6 is 0 Å². The Morgan fingerprint density at radius 3 is 3.17 bits per heavy atom. The Bertz CT molecular complexity index is 408. The third-order valence-electron chi connectivity index (χ3n) is 1.69. The number of hydrogen-bond acceptors (Lipinski definition) is 3. The first-order valence-corrected chi connectivity index (χ1v) is 3.58. The summed E-state index contributed by atoms with van der Waals surface area (Å²) in [5.74, 6) is 0.709. The molecule has 0 unspecified atom stereocenters. The van der Waals surface area contributed by atoms with Gasteiger partial charge >= 0.3 is 0 Å². The number of fused-ring (bicyclic) bond motifs is 1. The maximum Gasteiger partial charge on any atom is 0.221 e. The summed E-state index contributed by atoms with van der Waals surface area (Å²) in [5.41, 5.74) is 1.49. The van der Waals surface area contributed by atoms with Crippen LogP contribution in [0.25, 0.3) is 5.65 Å². The van der Waals surface area contributed by atoms with Crippen molar-refractivity contribution in [2.75, 3.05) is 7.11 Å². The number of aryl methyl sites for hydroxylation is 1. The Kier molecular flexibility index (Phi) is 1.46. The number of ether oxygens (including phenoxy) is 1. The van der Waals surface area contributed by atoms with Crippen LogP contribution in [-0.2, 0) is 0 Å². The number of hydrogen-bond donors (Lipinski definition) is 0. The molecule has 0 spiro atoms. The van der Waals surface area contributed by atoms with Crippen molar-refractivity contribution in [1.82, 2.24) is 14.4 Å². The zero-order chi connectivity index (χ0) is 8.55. The summed E-state index contributed by atoms with van der Waals surface area (Å²) >= 11 is 0. The van der Waals surface area contributed by atoms with Crippen LogP contribution < -0.4 is 4.74 Å². The summed E-state index contributed by atoms with van der Waals surface area (Å²) < 4.78 is 6.96. The van der Waals surface area contributed by atoms with Crippen LogP contribution in [0.15, 0.2) is 12.4 Å². The van der Waals surface area contributed by atoms with Gasteiger partial charge in [-0.05, 0) is 6.92 Å². The van der Waals surface area contributed by atoms with E-state index in [0.717, 1.165) is 5.69 Å². The summed E-state index contributed by atoms with van der Waals surface area (Å²) in [6.07, 6.45) is 6.30. The lowest BCUT2D eigenvalue weighted by molar-refractivity contribution is 0.386. The van der Waals surface area contributed by atoms with Crippen molar-refractivity contribution in [3.05, 3.63) is 24.3 Å². The van der Waals surface area contributed by atoms with Crippen molar-refractivity contribution in [3.63, 3.8) is 0 Å². The third kappa shape index (κ3) is 0.845. The molecule has 4 heteroatoms. The molecule has 4 nitrogen and oxygen atoms in total. The smallest absolute Gasteiger partial charge is 0.221 e. The van der Waals surface area contributed by atoms with E-state index in [4.69, 9.17) is 4.74 Å². The lowest BCUT2D eigenvalue weighted by Crippen LogP contribution is -1.98. The SMILES string of the molecule is COc1c(C)n[c]c2nccn12. The predicted octanol–water partition coefficient (Wildman–Crippen LogP) is 0.847. The van der Waals surface area contributed by atoms with E-state index in [1.165, 1.54) is 0 Å². The highest BCUT2D eigenvalue weighted by Gasteiger charge is 2.05. The molecule has 2 heterocycles. The number of aromatic nitrogens is 3. The second-order valence-corrected chi connectivity index (χ2v) is 2.44. The molecule has 0 N–H and O–H groups in total. The van der Waals surface area contributed by atoms with Crippen molar-refractivity contribution < 1.29 is 4.74 Å².